The molecule has 0 aromatic rings. The van der Waals surface area contributed by atoms with E-state index in [2.05, 4.69) is 31.3 Å². The average Bonchev–Trinajstić information content (AvgIpc) is 3.11. The van der Waals surface area contributed by atoms with E-state index in [-0.39, 0.29) is 18.5 Å². The summed E-state index contributed by atoms with van der Waals surface area (Å²) in [6, 6.07) is -0.645. The number of allylic oxidation sites excluding steroid dienone is 3. The van der Waals surface area contributed by atoms with Crippen LogP contribution in [-0.4, -0.2) is 47.4 Å². The summed E-state index contributed by atoms with van der Waals surface area (Å²) >= 11 is 0. The third-order valence-corrected chi connectivity index (χ3v) is 9.72. The van der Waals surface area contributed by atoms with Gasteiger partial charge in [-0.15, -0.1) is 0 Å². The predicted octanol–water partition coefficient (Wildman–Crippen LogP) is 12.0. The number of nitrogens with one attached hydrogen (secondary N) is 1. The van der Waals surface area contributed by atoms with Crippen LogP contribution in [0.2, 0.25) is 0 Å². The van der Waals surface area contributed by atoms with Gasteiger partial charge in [0, 0.05) is 12.8 Å². The molecule has 2 unspecified atom stereocenters. The van der Waals surface area contributed by atoms with E-state index in [9.17, 15) is 19.8 Å². The van der Waals surface area contributed by atoms with Crippen LogP contribution in [-0.2, 0) is 14.3 Å². The summed E-state index contributed by atoms with van der Waals surface area (Å²) in [7, 11) is 0. The lowest BCUT2D eigenvalue weighted by molar-refractivity contribution is -0.143. The van der Waals surface area contributed by atoms with E-state index in [1.54, 1.807) is 6.08 Å². The first-order valence-corrected chi connectivity index (χ1v) is 21.6. The molecule has 0 bridgehead atoms. The molecule has 294 valence electrons. The fourth-order valence-electron chi connectivity index (χ4n) is 6.33. The van der Waals surface area contributed by atoms with Crippen molar-refractivity contribution in [2.45, 2.75) is 231 Å². The number of hydrogen-bond donors (Lipinski definition) is 3. The topological polar surface area (TPSA) is 95.9 Å². The molecule has 50 heavy (non-hydrogen) atoms. The SMILES string of the molecule is CCCCCCC/C=C\CCCCCCCC(=O)OCCCCCCCCCCCC(=O)NC(CO)C(O)/C=C/CCCCCCCCCC. The summed E-state index contributed by atoms with van der Waals surface area (Å²) in [4.78, 5) is 24.3. The van der Waals surface area contributed by atoms with Crippen LogP contribution in [0.15, 0.2) is 24.3 Å². The monoisotopic (exact) mass is 706 g/mol. The maximum absolute atomic E-state index is 12.3. The Morgan fingerprint density at radius 1 is 0.540 bits per heavy atom. The highest BCUT2D eigenvalue weighted by atomic mass is 16.5. The van der Waals surface area contributed by atoms with Crippen molar-refractivity contribution in [2.24, 2.45) is 0 Å². The normalized spacial score (nSPS) is 13.0. The molecule has 0 aromatic heterocycles. The third-order valence-electron chi connectivity index (χ3n) is 9.72. The molecule has 0 radical (unpaired) electrons. The Morgan fingerprint density at radius 2 is 0.940 bits per heavy atom. The molecule has 0 aliphatic rings. The second-order valence-corrected chi connectivity index (χ2v) is 14.7. The minimum Gasteiger partial charge on any atom is -0.466 e. The van der Waals surface area contributed by atoms with Crippen LogP contribution in [0.5, 0.6) is 0 Å². The Morgan fingerprint density at radius 3 is 1.42 bits per heavy atom. The predicted molar refractivity (Wildman–Crippen MR) is 213 cm³/mol. The van der Waals surface area contributed by atoms with Crippen molar-refractivity contribution in [1.82, 2.24) is 5.32 Å². The molecule has 1 amide bonds. The van der Waals surface area contributed by atoms with Crippen molar-refractivity contribution in [3.63, 3.8) is 0 Å². The highest BCUT2D eigenvalue weighted by molar-refractivity contribution is 5.76. The highest BCUT2D eigenvalue weighted by Gasteiger charge is 2.18. The second-order valence-electron chi connectivity index (χ2n) is 14.7. The average molecular weight is 706 g/mol. The van der Waals surface area contributed by atoms with Crippen LogP contribution in [0, 0.1) is 0 Å². The fourth-order valence-corrected chi connectivity index (χ4v) is 6.33. The molecular formula is C44H83NO5. The number of amides is 1. The molecule has 0 saturated carbocycles. The van der Waals surface area contributed by atoms with Gasteiger partial charge in [0.1, 0.15) is 0 Å². The third kappa shape index (κ3) is 36.1. The van der Waals surface area contributed by atoms with Gasteiger partial charge < -0.3 is 20.3 Å². The number of aliphatic hydroxyl groups excluding tert-OH is 2. The summed E-state index contributed by atoms with van der Waals surface area (Å²) in [5.74, 6) is -0.137. The van der Waals surface area contributed by atoms with Gasteiger partial charge in [-0.3, -0.25) is 9.59 Å². The van der Waals surface area contributed by atoms with Crippen LogP contribution in [0.3, 0.4) is 0 Å². The summed E-state index contributed by atoms with van der Waals surface area (Å²) in [6.07, 6.45) is 44.4. The van der Waals surface area contributed by atoms with Gasteiger partial charge in [0.15, 0.2) is 0 Å². The van der Waals surface area contributed by atoms with E-state index in [0.717, 1.165) is 57.8 Å². The number of hydrogen-bond acceptors (Lipinski definition) is 5. The van der Waals surface area contributed by atoms with Crippen molar-refractivity contribution >= 4 is 11.9 Å². The van der Waals surface area contributed by atoms with Gasteiger partial charge in [-0.1, -0.05) is 173 Å². The van der Waals surface area contributed by atoms with E-state index in [4.69, 9.17) is 4.74 Å². The van der Waals surface area contributed by atoms with Crippen LogP contribution < -0.4 is 5.32 Å². The number of carbonyl (C=O) groups is 2. The molecule has 2 atom stereocenters. The molecule has 6 nitrogen and oxygen atoms in total. The Balaban J connectivity index is 3.53. The Labute approximate surface area is 310 Å². The minimum absolute atomic E-state index is 0.0372. The molecule has 3 N–H and O–H groups in total. The van der Waals surface area contributed by atoms with E-state index >= 15 is 0 Å². The van der Waals surface area contributed by atoms with Crippen molar-refractivity contribution in [3.8, 4) is 0 Å². The standard InChI is InChI=1S/C44H83NO5/c1-3-5-7-9-11-13-15-16-17-18-22-26-30-34-38-44(49)50-39-35-31-27-23-19-21-25-29-33-37-43(48)45-41(40-46)42(47)36-32-28-24-20-14-12-10-8-6-4-2/h15-16,32,36,41-42,46-47H,3-14,17-31,33-35,37-40H2,1-2H3,(H,45,48)/b16-15-,36-32+. The maximum atomic E-state index is 12.3. The van der Waals surface area contributed by atoms with Crippen LogP contribution >= 0.6 is 0 Å². The molecule has 0 aliphatic carbocycles. The molecule has 0 aliphatic heterocycles. The van der Waals surface area contributed by atoms with E-state index in [1.807, 2.05) is 6.08 Å². The summed E-state index contributed by atoms with van der Waals surface area (Å²) < 4.78 is 5.42. The number of ether oxygens (including phenoxy) is 1. The number of rotatable bonds is 39. The lowest BCUT2D eigenvalue weighted by Crippen LogP contribution is -2.45. The van der Waals surface area contributed by atoms with E-state index in [0.29, 0.717) is 19.4 Å². The number of esters is 1. The van der Waals surface area contributed by atoms with Gasteiger partial charge in [0.2, 0.25) is 5.91 Å². The molecule has 0 spiro atoms. The first kappa shape index (κ1) is 48.3. The molecule has 0 rings (SSSR count). The zero-order valence-electron chi connectivity index (χ0n) is 33.1. The Hall–Kier alpha value is -1.66. The minimum atomic E-state index is -0.859. The smallest absolute Gasteiger partial charge is 0.305 e. The van der Waals surface area contributed by atoms with Gasteiger partial charge in [0.25, 0.3) is 0 Å². The van der Waals surface area contributed by atoms with Gasteiger partial charge in [-0.05, 0) is 57.8 Å². The highest BCUT2D eigenvalue weighted by Crippen LogP contribution is 2.13. The molecule has 0 saturated heterocycles. The summed E-state index contributed by atoms with van der Waals surface area (Å²) in [6.45, 7) is 4.78. The number of carbonyl (C=O) groups excluding carboxylic acids is 2. The van der Waals surface area contributed by atoms with Crippen LogP contribution in [0.25, 0.3) is 0 Å². The molecule has 0 heterocycles. The molecular weight excluding hydrogens is 622 g/mol. The first-order chi connectivity index (χ1) is 24.5. The number of aliphatic hydroxyl groups is 2. The Kier molecular flexibility index (Phi) is 38.8. The van der Waals surface area contributed by atoms with Crippen molar-refractivity contribution in [3.05, 3.63) is 24.3 Å². The summed E-state index contributed by atoms with van der Waals surface area (Å²) in [5.41, 5.74) is 0. The Bertz CT molecular complexity index is 782. The van der Waals surface area contributed by atoms with Crippen LogP contribution in [0.4, 0.5) is 0 Å². The van der Waals surface area contributed by atoms with Crippen molar-refractivity contribution in [1.29, 1.82) is 0 Å². The summed E-state index contributed by atoms with van der Waals surface area (Å²) in [5, 5.41) is 22.8. The molecule has 0 fully saturated rings. The van der Waals surface area contributed by atoms with Crippen molar-refractivity contribution < 1.29 is 24.5 Å². The van der Waals surface area contributed by atoms with Gasteiger partial charge in [0.05, 0.1) is 25.4 Å². The van der Waals surface area contributed by atoms with Crippen LogP contribution in [0.1, 0.15) is 219 Å². The lowest BCUT2D eigenvalue weighted by atomic mass is 10.1. The zero-order valence-corrected chi connectivity index (χ0v) is 33.1. The fraction of sp³-hybridized carbons (Fsp3) is 0.864. The van der Waals surface area contributed by atoms with Gasteiger partial charge >= 0.3 is 5.97 Å². The number of unbranched alkanes of at least 4 members (excludes halogenated alkanes) is 26. The molecule has 0 aromatic carbocycles. The maximum Gasteiger partial charge on any atom is 0.305 e. The second kappa shape index (κ2) is 40.1. The quantitative estimate of drug-likeness (QED) is 0.0336. The van der Waals surface area contributed by atoms with E-state index in [1.165, 1.54) is 135 Å². The zero-order chi connectivity index (χ0) is 36.6. The largest absolute Gasteiger partial charge is 0.466 e. The van der Waals surface area contributed by atoms with Gasteiger partial charge in [-0.25, -0.2) is 0 Å². The van der Waals surface area contributed by atoms with E-state index < -0.39 is 12.1 Å². The molecule has 6 heteroatoms. The van der Waals surface area contributed by atoms with Crippen molar-refractivity contribution in [2.75, 3.05) is 13.2 Å². The first-order valence-electron chi connectivity index (χ1n) is 21.6. The van der Waals surface area contributed by atoms with Gasteiger partial charge in [-0.2, -0.15) is 0 Å². The lowest BCUT2D eigenvalue weighted by Gasteiger charge is -2.20.